The van der Waals surface area contributed by atoms with Crippen LogP contribution >= 0.6 is 0 Å². The van der Waals surface area contributed by atoms with Crippen LogP contribution in [0, 0.1) is 0 Å². The Labute approximate surface area is 103 Å². The summed E-state index contributed by atoms with van der Waals surface area (Å²) >= 11 is 0. The van der Waals surface area contributed by atoms with Gasteiger partial charge in [0.25, 0.3) is 0 Å². The van der Waals surface area contributed by atoms with Gasteiger partial charge in [-0.1, -0.05) is 12.2 Å². The van der Waals surface area contributed by atoms with E-state index in [-0.39, 0.29) is 0 Å². The van der Waals surface area contributed by atoms with Crippen molar-refractivity contribution in [2.24, 2.45) is 0 Å². The maximum atomic E-state index is 5.51. The van der Waals surface area contributed by atoms with E-state index in [2.05, 4.69) is 18.2 Å². The molecule has 0 bridgehead atoms. The summed E-state index contributed by atoms with van der Waals surface area (Å²) in [5.41, 5.74) is 3.25. The van der Waals surface area contributed by atoms with E-state index in [9.17, 15) is 0 Å². The van der Waals surface area contributed by atoms with Gasteiger partial charge in [0.2, 0.25) is 0 Å². The summed E-state index contributed by atoms with van der Waals surface area (Å²) in [7, 11) is 0. The minimum absolute atomic E-state index is 0.609. The number of allylic oxidation sites excluding steroid dienone is 4. The fraction of sp³-hybridized carbons (Fsp3) is 0.500. The largest absolute Gasteiger partial charge is 0.469 e. The Morgan fingerprint density at radius 2 is 2.00 bits per heavy atom. The minimum Gasteiger partial charge on any atom is -0.469 e. The minimum atomic E-state index is 0.609. The summed E-state index contributed by atoms with van der Waals surface area (Å²) in [6.45, 7) is 0. The molecular weight excluding hydrogens is 208 g/mol. The Balaban J connectivity index is 1.69. The Morgan fingerprint density at radius 3 is 2.65 bits per heavy atom. The van der Waals surface area contributed by atoms with Crippen LogP contribution in [0.25, 0.3) is 0 Å². The fourth-order valence-electron chi connectivity index (χ4n) is 3.04. The van der Waals surface area contributed by atoms with Gasteiger partial charge in [0, 0.05) is 5.92 Å². The lowest BCUT2D eigenvalue weighted by Gasteiger charge is -2.23. The van der Waals surface area contributed by atoms with Crippen LogP contribution in [-0.2, 0) is 0 Å². The molecule has 0 aromatic carbocycles. The predicted molar refractivity (Wildman–Crippen MR) is 69.9 cm³/mol. The zero-order chi connectivity index (χ0) is 11.5. The first-order valence-corrected chi connectivity index (χ1v) is 6.85. The monoisotopic (exact) mass is 228 g/mol. The lowest BCUT2D eigenvalue weighted by Crippen LogP contribution is -2.06. The highest BCUT2D eigenvalue weighted by molar-refractivity contribution is 5.34. The summed E-state index contributed by atoms with van der Waals surface area (Å²) in [5.74, 6) is 1.77. The molecule has 0 aliphatic heterocycles. The van der Waals surface area contributed by atoms with Gasteiger partial charge < -0.3 is 4.42 Å². The lowest BCUT2D eigenvalue weighted by atomic mass is 9.82. The molecule has 1 heteroatoms. The maximum Gasteiger partial charge on any atom is 0.107 e. The molecule has 0 saturated heterocycles. The molecular formula is C16H20O. The van der Waals surface area contributed by atoms with Crippen LogP contribution in [-0.4, -0.2) is 0 Å². The third kappa shape index (κ3) is 2.38. The van der Waals surface area contributed by atoms with Gasteiger partial charge in [0.05, 0.1) is 6.26 Å². The first-order chi connectivity index (χ1) is 8.43. The number of hydrogen-bond donors (Lipinski definition) is 0. The molecule has 2 aliphatic carbocycles. The Morgan fingerprint density at radius 1 is 1.06 bits per heavy atom. The van der Waals surface area contributed by atoms with Gasteiger partial charge in [-0.2, -0.15) is 0 Å². The maximum absolute atomic E-state index is 5.51. The molecule has 0 N–H and O–H groups in total. The number of furan rings is 1. The van der Waals surface area contributed by atoms with E-state index in [0.29, 0.717) is 5.92 Å². The first kappa shape index (κ1) is 10.9. The quantitative estimate of drug-likeness (QED) is 0.696. The second-order valence-corrected chi connectivity index (χ2v) is 5.19. The van der Waals surface area contributed by atoms with E-state index in [4.69, 9.17) is 4.42 Å². The van der Waals surface area contributed by atoms with Crippen molar-refractivity contribution in [1.82, 2.24) is 0 Å². The van der Waals surface area contributed by atoms with Gasteiger partial charge in [-0.3, -0.25) is 0 Å². The normalized spacial score (nSPS) is 25.3. The standard InChI is InChI=1S/C16H20O/c1-2-5-13(6-3-1)14-8-10-15(11-9-14)16-7-4-12-17-16/h4-5,7-8,12,15H,1-3,6,9-11H2. The molecule has 0 spiro atoms. The van der Waals surface area contributed by atoms with Gasteiger partial charge in [0.15, 0.2) is 0 Å². The van der Waals surface area contributed by atoms with Crippen molar-refractivity contribution in [3.63, 3.8) is 0 Å². The summed E-state index contributed by atoms with van der Waals surface area (Å²) < 4.78 is 5.51. The van der Waals surface area contributed by atoms with Crippen LogP contribution in [0.2, 0.25) is 0 Å². The van der Waals surface area contributed by atoms with Crippen LogP contribution < -0.4 is 0 Å². The zero-order valence-electron chi connectivity index (χ0n) is 10.3. The molecule has 17 heavy (non-hydrogen) atoms. The summed E-state index contributed by atoms with van der Waals surface area (Å²) in [5, 5.41) is 0. The second-order valence-electron chi connectivity index (χ2n) is 5.19. The first-order valence-electron chi connectivity index (χ1n) is 6.85. The van der Waals surface area contributed by atoms with Gasteiger partial charge in [-0.05, 0) is 68.2 Å². The molecule has 1 atom stereocenters. The van der Waals surface area contributed by atoms with E-state index in [0.717, 1.165) is 12.2 Å². The van der Waals surface area contributed by atoms with Crippen LogP contribution in [0.5, 0.6) is 0 Å². The Bertz CT molecular complexity index is 422. The average molecular weight is 228 g/mol. The molecule has 2 aliphatic rings. The molecule has 1 aromatic rings. The molecule has 0 amide bonds. The van der Waals surface area contributed by atoms with Crippen molar-refractivity contribution in [1.29, 1.82) is 0 Å². The highest BCUT2D eigenvalue weighted by atomic mass is 16.3. The molecule has 1 unspecified atom stereocenters. The molecule has 0 saturated carbocycles. The third-order valence-corrected chi connectivity index (χ3v) is 4.06. The van der Waals surface area contributed by atoms with Crippen molar-refractivity contribution < 1.29 is 4.42 Å². The average Bonchev–Trinajstić information content (AvgIpc) is 2.94. The van der Waals surface area contributed by atoms with Crippen LogP contribution in [0.15, 0.2) is 46.1 Å². The highest BCUT2D eigenvalue weighted by Gasteiger charge is 2.20. The molecule has 90 valence electrons. The van der Waals surface area contributed by atoms with Crippen molar-refractivity contribution in [3.05, 3.63) is 47.5 Å². The zero-order valence-corrected chi connectivity index (χ0v) is 10.3. The fourth-order valence-corrected chi connectivity index (χ4v) is 3.04. The van der Waals surface area contributed by atoms with Gasteiger partial charge in [-0.25, -0.2) is 0 Å². The third-order valence-electron chi connectivity index (χ3n) is 4.06. The van der Waals surface area contributed by atoms with E-state index < -0.39 is 0 Å². The van der Waals surface area contributed by atoms with Gasteiger partial charge >= 0.3 is 0 Å². The topological polar surface area (TPSA) is 13.1 Å². The molecule has 3 rings (SSSR count). The van der Waals surface area contributed by atoms with Crippen molar-refractivity contribution in [3.8, 4) is 0 Å². The Kier molecular flexibility index (Phi) is 3.17. The summed E-state index contributed by atoms with van der Waals surface area (Å²) in [4.78, 5) is 0. The SMILES string of the molecule is C1=C(C2=CCC(c3ccco3)CC2)CCCC1. The van der Waals surface area contributed by atoms with E-state index in [1.54, 1.807) is 17.4 Å². The highest BCUT2D eigenvalue weighted by Crippen LogP contribution is 2.36. The molecule has 1 nitrogen and oxygen atoms in total. The smallest absolute Gasteiger partial charge is 0.107 e. The Hall–Kier alpha value is -1.24. The molecule has 1 aromatic heterocycles. The van der Waals surface area contributed by atoms with Crippen LogP contribution in [0.3, 0.4) is 0 Å². The van der Waals surface area contributed by atoms with Gasteiger partial charge in [0.1, 0.15) is 5.76 Å². The van der Waals surface area contributed by atoms with E-state index in [1.165, 1.54) is 38.5 Å². The van der Waals surface area contributed by atoms with E-state index in [1.807, 2.05) is 6.07 Å². The molecule has 1 heterocycles. The summed E-state index contributed by atoms with van der Waals surface area (Å²) in [6.07, 6.45) is 15.7. The molecule has 0 radical (unpaired) electrons. The second kappa shape index (κ2) is 4.95. The summed E-state index contributed by atoms with van der Waals surface area (Å²) in [6, 6.07) is 4.11. The van der Waals surface area contributed by atoms with Crippen molar-refractivity contribution in [2.45, 2.75) is 50.9 Å². The predicted octanol–water partition coefficient (Wildman–Crippen LogP) is 4.97. The molecule has 0 fully saturated rings. The van der Waals surface area contributed by atoms with Crippen molar-refractivity contribution in [2.75, 3.05) is 0 Å². The lowest BCUT2D eigenvalue weighted by molar-refractivity contribution is 0.439. The van der Waals surface area contributed by atoms with Gasteiger partial charge in [-0.15, -0.1) is 0 Å². The van der Waals surface area contributed by atoms with E-state index >= 15 is 0 Å². The van der Waals surface area contributed by atoms with Crippen LogP contribution in [0.4, 0.5) is 0 Å². The van der Waals surface area contributed by atoms with Crippen molar-refractivity contribution >= 4 is 0 Å². The van der Waals surface area contributed by atoms with Crippen LogP contribution in [0.1, 0.15) is 56.6 Å². The number of rotatable bonds is 2. The number of hydrogen-bond acceptors (Lipinski definition) is 1.